The van der Waals surface area contributed by atoms with Crippen LogP contribution >= 0.6 is 0 Å². The van der Waals surface area contributed by atoms with E-state index in [-0.39, 0.29) is 11.8 Å². The second-order valence-electron chi connectivity index (χ2n) is 4.56. The Morgan fingerprint density at radius 2 is 1.94 bits per heavy atom. The van der Waals surface area contributed by atoms with Gasteiger partial charge in [0.15, 0.2) is 0 Å². The van der Waals surface area contributed by atoms with Crippen molar-refractivity contribution >= 4 is 17.3 Å². The lowest BCUT2D eigenvalue weighted by atomic mass is 9.97. The molecule has 0 radical (unpaired) electrons. The lowest BCUT2D eigenvalue weighted by molar-refractivity contribution is -0.120. The van der Waals surface area contributed by atoms with Gasteiger partial charge < -0.3 is 11.1 Å². The van der Waals surface area contributed by atoms with E-state index in [0.717, 1.165) is 11.3 Å². The number of rotatable bonds is 3. The molecule has 0 bridgehead atoms. The lowest BCUT2D eigenvalue weighted by Crippen LogP contribution is -2.25. The van der Waals surface area contributed by atoms with Crippen LogP contribution in [-0.4, -0.2) is 5.91 Å². The topological polar surface area (TPSA) is 55.1 Å². The zero-order valence-electron chi connectivity index (χ0n) is 10.4. The molecule has 0 aromatic heterocycles. The molecule has 0 aliphatic rings. The highest BCUT2D eigenvalue weighted by molar-refractivity contribution is 5.96. The summed E-state index contributed by atoms with van der Waals surface area (Å²) in [6.07, 6.45) is 0. The molecule has 3 heteroatoms. The molecular weight excluding hydrogens is 200 g/mol. The molecule has 1 unspecified atom stereocenters. The van der Waals surface area contributed by atoms with E-state index in [9.17, 15) is 4.79 Å². The molecule has 0 saturated heterocycles. The SMILES string of the molecule is Cc1cccc(N)c1NC(=O)C(C)C(C)C. The first kappa shape index (κ1) is 12.6. The van der Waals surface area contributed by atoms with Crippen molar-refractivity contribution in [3.63, 3.8) is 0 Å². The van der Waals surface area contributed by atoms with Crippen molar-refractivity contribution in [3.05, 3.63) is 23.8 Å². The fraction of sp³-hybridized carbons (Fsp3) is 0.462. The highest BCUT2D eigenvalue weighted by atomic mass is 16.1. The molecule has 88 valence electrons. The number of anilines is 2. The number of nitrogens with two attached hydrogens (primary N) is 1. The number of para-hydroxylation sites is 1. The minimum Gasteiger partial charge on any atom is -0.397 e. The highest BCUT2D eigenvalue weighted by Gasteiger charge is 2.17. The van der Waals surface area contributed by atoms with Crippen LogP contribution in [0.2, 0.25) is 0 Å². The Morgan fingerprint density at radius 3 is 2.44 bits per heavy atom. The first-order chi connectivity index (χ1) is 7.43. The molecule has 0 spiro atoms. The smallest absolute Gasteiger partial charge is 0.227 e. The van der Waals surface area contributed by atoms with E-state index in [1.54, 1.807) is 6.07 Å². The van der Waals surface area contributed by atoms with Gasteiger partial charge in [-0.3, -0.25) is 4.79 Å². The predicted molar refractivity (Wildman–Crippen MR) is 68.2 cm³/mol. The number of carbonyl (C=O) groups excluding carboxylic acids is 1. The number of benzene rings is 1. The van der Waals surface area contributed by atoms with E-state index in [0.29, 0.717) is 11.6 Å². The van der Waals surface area contributed by atoms with Crippen molar-refractivity contribution < 1.29 is 4.79 Å². The summed E-state index contributed by atoms with van der Waals surface area (Å²) in [6.45, 7) is 7.93. The summed E-state index contributed by atoms with van der Waals surface area (Å²) in [5.41, 5.74) is 8.17. The summed E-state index contributed by atoms with van der Waals surface area (Å²) in [5.74, 6) is 0.334. The van der Waals surface area contributed by atoms with E-state index in [4.69, 9.17) is 5.73 Å². The van der Waals surface area contributed by atoms with Crippen molar-refractivity contribution in [3.8, 4) is 0 Å². The maximum Gasteiger partial charge on any atom is 0.227 e. The summed E-state index contributed by atoms with van der Waals surface area (Å²) >= 11 is 0. The monoisotopic (exact) mass is 220 g/mol. The maximum atomic E-state index is 11.9. The van der Waals surface area contributed by atoms with Gasteiger partial charge in [0.2, 0.25) is 5.91 Å². The number of aryl methyl sites for hydroxylation is 1. The molecule has 1 amide bonds. The number of amides is 1. The van der Waals surface area contributed by atoms with Crippen LogP contribution < -0.4 is 11.1 Å². The molecule has 16 heavy (non-hydrogen) atoms. The fourth-order valence-electron chi connectivity index (χ4n) is 1.40. The average molecular weight is 220 g/mol. The second kappa shape index (κ2) is 5.01. The lowest BCUT2D eigenvalue weighted by Gasteiger charge is -2.17. The average Bonchev–Trinajstić information content (AvgIpc) is 2.22. The Kier molecular flexibility index (Phi) is 3.93. The van der Waals surface area contributed by atoms with Crippen LogP contribution in [0.25, 0.3) is 0 Å². The van der Waals surface area contributed by atoms with Gasteiger partial charge in [0.05, 0.1) is 11.4 Å². The molecule has 0 fully saturated rings. The first-order valence-electron chi connectivity index (χ1n) is 5.59. The van der Waals surface area contributed by atoms with E-state index in [2.05, 4.69) is 5.32 Å². The third-order valence-corrected chi connectivity index (χ3v) is 2.97. The molecule has 0 heterocycles. The van der Waals surface area contributed by atoms with Crippen LogP contribution in [0.3, 0.4) is 0 Å². The predicted octanol–water partition coefficient (Wildman–Crippen LogP) is 2.81. The van der Waals surface area contributed by atoms with Crippen molar-refractivity contribution in [2.24, 2.45) is 11.8 Å². The molecular formula is C13H20N2O. The van der Waals surface area contributed by atoms with Crippen molar-refractivity contribution in [1.82, 2.24) is 0 Å². The molecule has 0 aliphatic heterocycles. The standard InChI is InChI=1S/C13H20N2O/c1-8(2)10(4)13(16)15-12-9(3)6-5-7-11(12)14/h5-8,10H,14H2,1-4H3,(H,15,16). The molecule has 0 saturated carbocycles. The number of hydrogen-bond acceptors (Lipinski definition) is 2. The van der Waals surface area contributed by atoms with Gasteiger partial charge in [0.25, 0.3) is 0 Å². The van der Waals surface area contributed by atoms with Crippen molar-refractivity contribution in [1.29, 1.82) is 0 Å². The van der Waals surface area contributed by atoms with Gasteiger partial charge in [-0.05, 0) is 24.5 Å². The zero-order chi connectivity index (χ0) is 12.3. The molecule has 1 aromatic carbocycles. The number of nitrogens with one attached hydrogen (secondary N) is 1. The van der Waals surface area contributed by atoms with Gasteiger partial charge in [0.1, 0.15) is 0 Å². The van der Waals surface area contributed by atoms with Gasteiger partial charge in [-0.1, -0.05) is 32.9 Å². The molecule has 1 atom stereocenters. The Labute approximate surface area is 97.0 Å². The summed E-state index contributed by atoms with van der Waals surface area (Å²) in [6, 6.07) is 5.61. The molecule has 3 nitrogen and oxygen atoms in total. The largest absolute Gasteiger partial charge is 0.397 e. The third-order valence-electron chi connectivity index (χ3n) is 2.97. The minimum atomic E-state index is -0.0148. The van der Waals surface area contributed by atoms with Gasteiger partial charge in [-0.25, -0.2) is 0 Å². The van der Waals surface area contributed by atoms with Gasteiger partial charge in [-0.15, -0.1) is 0 Å². The second-order valence-corrected chi connectivity index (χ2v) is 4.56. The highest BCUT2D eigenvalue weighted by Crippen LogP contribution is 2.24. The third kappa shape index (κ3) is 2.75. The number of nitrogen functional groups attached to an aromatic ring is 1. The van der Waals surface area contributed by atoms with Crippen LogP contribution in [0.15, 0.2) is 18.2 Å². The van der Waals surface area contributed by atoms with E-state index in [1.165, 1.54) is 0 Å². The molecule has 3 N–H and O–H groups in total. The van der Waals surface area contributed by atoms with E-state index < -0.39 is 0 Å². The summed E-state index contributed by atoms with van der Waals surface area (Å²) < 4.78 is 0. The molecule has 1 aromatic rings. The Morgan fingerprint density at radius 1 is 1.31 bits per heavy atom. The number of hydrogen-bond donors (Lipinski definition) is 2. The van der Waals surface area contributed by atoms with Crippen LogP contribution in [-0.2, 0) is 4.79 Å². The summed E-state index contributed by atoms with van der Waals surface area (Å²) in [7, 11) is 0. The normalized spacial score (nSPS) is 12.6. The quantitative estimate of drug-likeness (QED) is 0.769. The Hall–Kier alpha value is -1.51. The number of carbonyl (C=O) groups is 1. The zero-order valence-corrected chi connectivity index (χ0v) is 10.4. The Bertz CT molecular complexity index is 365. The minimum absolute atomic E-state index is 0.0148. The molecule has 1 rings (SSSR count). The summed E-state index contributed by atoms with van der Waals surface area (Å²) in [4.78, 5) is 11.9. The molecule has 0 aliphatic carbocycles. The van der Waals surface area contributed by atoms with Crippen LogP contribution in [0.1, 0.15) is 26.3 Å². The van der Waals surface area contributed by atoms with E-state index >= 15 is 0 Å². The van der Waals surface area contributed by atoms with Crippen LogP contribution in [0, 0.1) is 18.8 Å². The summed E-state index contributed by atoms with van der Waals surface area (Å²) in [5, 5.41) is 2.90. The van der Waals surface area contributed by atoms with Crippen LogP contribution in [0.5, 0.6) is 0 Å². The Balaban J connectivity index is 2.85. The van der Waals surface area contributed by atoms with Crippen molar-refractivity contribution in [2.45, 2.75) is 27.7 Å². The van der Waals surface area contributed by atoms with E-state index in [1.807, 2.05) is 39.8 Å². The van der Waals surface area contributed by atoms with Gasteiger partial charge in [0, 0.05) is 5.92 Å². The van der Waals surface area contributed by atoms with Crippen LogP contribution in [0.4, 0.5) is 11.4 Å². The van der Waals surface area contributed by atoms with Gasteiger partial charge >= 0.3 is 0 Å². The fourth-order valence-corrected chi connectivity index (χ4v) is 1.40. The maximum absolute atomic E-state index is 11.9. The first-order valence-corrected chi connectivity index (χ1v) is 5.59. The van der Waals surface area contributed by atoms with Crippen molar-refractivity contribution in [2.75, 3.05) is 11.1 Å². The van der Waals surface area contributed by atoms with Gasteiger partial charge in [-0.2, -0.15) is 0 Å².